The third-order valence-electron chi connectivity index (χ3n) is 2.44. The minimum absolute atomic E-state index is 0. The van der Waals surface area contributed by atoms with E-state index in [0.717, 1.165) is 0 Å². The molecule has 1 fully saturated rings. The molecule has 5 radical (unpaired) electrons. The van der Waals surface area contributed by atoms with Gasteiger partial charge in [-0.15, -0.1) is 0 Å². The first-order chi connectivity index (χ1) is 10.9. The third kappa shape index (κ3) is 17.6. The van der Waals surface area contributed by atoms with Crippen molar-refractivity contribution in [3.63, 3.8) is 0 Å². The summed E-state index contributed by atoms with van der Waals surface area (Å²) in [6.07, 6.45) is 10.0. The van der Waals surface area contributed by atoms with E-state index in [1.807, 2.05) is 44.2 Å². The smallest absolute Gasteiger partial charge is 0 e. The Balaban J connectivity index is 0.000000380. The zero-order chi connectivity index (χ0) is 18.2. The van der Waals surface area contributed by atoms with E-state index < -0.39 is 7.81 Å². The Hall–Kier alpha value is -1.03. The van der Waals surface area contributed by atoms with E-state index in [2.05, 4.69) is 48.5 Å². The summed E-state index contributed by atoms with van der Waals surface area (Å²) in [6, 6.07) is 20.8. The number of hydrogen-bond acceptors (Lipinski definition) is 0. The van der Waals surface area contributed by atoms with Gasteiger partial charge in [0, 0.05) is 17.1 Å². The van der Waals surface area contributed by atoms with Crippen LogP contribution in [0.1, 0.15) is 0 Å². The first kappa shape index (κ1) is 24.0. The standard InChI is InChI=1S/C12H10.C5H5.F6P.Fe/c1-3-7-11(8-4-1)12-9-5-2-6-10-12;1-2-4-5-3-1;1-7(2,3,4,5)6;/h1-10H;1-5H;;/q;;-1;. The minimum Gasteiger partial charge on any atom is -0.0622 e. The van der Waals surface area contributed by atoms with E-state index in [4.69, 9.17) is 0 Å². The van der Waals surface area contributed by atoms with E-state index in [1.54, 1.807) is 0 Å². The second-order valence-electron chi connectivity index (χ2n) is 4.65. The Morgan fingerprint density at radius 2 is 0.640 bits per heavy atom. The zero-order valence-electron chi connectivity index (χ0n) is 12.7. The predicted octanol–water partition coefficient (Wildman–Crippen LogP) is 7.75. The van der Waals surface area contributed by atoms with Crippen molar-refractivity contribution < 1.29 is 42.3 Å². The van der Waals surface area contributed by atoms with Crippen molar-refractivity contribution in [3.05, 3.63) is 92.8 Å². The molecule has 0 unspecified atom stereocenters. The van der Waals surface area contributed by atoms with Gasteiger partial charge in [-0.3, -0.25) is 0 Å². The van der Waals surface area contributed by atoms with Crippen molar-refractivity contribution >= 4 is 7.81 Å². The van der Waals surface area contributed by atoms with Crippen molar-refractivity contribution in [2.75, 3.05) is 0 Å². The average molecular weight is 420 g/mol. The van der Waals surface area contributed by atoms with E-state index in [0.29, 0.717) is 0 Å². The molecule has 2 aromatic carbocycles. The SMILES string of the molecule is F[P-](F)(F)(F)(F)F.[CH]1[CH][CH][CH][CH]1.[Fe].c1ccc(-c2ccccc2)cc1. The molecular formula is C17H15F6FeP-. The monoisotopic (exact) mass is 420 g/mol. The van der Waals surface area contributed by atoms with Crippen LogP contribution in [-0.2, 0) is 17.1 Å². The van der Waals surface area contributed by atoms with Crippen LogP contribution in [0.25, 0.3) is 11.1 Å². The van der Waals surface area contributed by atoms with Gasteiger partial charge in [-0.1, -0.05) is 60.7 Å². The van der Waals surface area contributed by atoms with Crippen molar-refractivity contribution in [1.82, 2.24) is 0 Å². The van der Waals surface area contributed by atoms with Crippen LogP contribution in [0.15, 0.2) is 60.7 Å². The Kier molecular flexibility index (Phi) is 8.69. The van der Waals surface area contributed by atoms with E-state index in [9.17, 15) is 25.2 Å². The average Bonchev–Trinajstić information content (AvgIpc) is 3.05. The molecule has 0 nitrogen and oxygen atoms in total. The van der Waals surface area contributed by atoms with Gasteiger partial charge < -0.3 is 0 Å². The molecular weight excluding hydrogens is 405 g/mol. The molecule has 0 aliphatic heterocycles. The Morgan fingerprint density at radius 1 is 0.440 bits per heavy atom. The summed E-state index contributed by atoms with van der Waals surface area (Å²) in [7, 11) is -10.7. The van der Waals surface area contributed by atoms with E-state index in [-0.39, 0.29) is 17.1 Å². The molecule has 1 saturated carbocycles. The number of hydrogen-bond donors (Lipinski definition) is 0. The number of halogens is 6. The van der Waals surface area contributed by atoms with Gasteiger partial charge in [-0.2, -0.15) is 0 Å². The molecule has 0 spiro atoms. The minimum atomic E-state index is -10.7. The normalized spacial score (nSPS) is 15.9. The van der Waals surface area contributed by atoms with Gasteiger partial charge in [-0.05, 0) is 43.2 Å². The van der Waals surface area contributed by atoms with Gasteiger partial charge >= 0.3 is 33.0 Å². The molecule has 0 atom stereocenters. The predicted molar refractivity (Wildman–Crippen MR) is 86.9 cm³/mol. The Bertz CT molecular complexity index is 538. The first-order valence-electron chi connectivity index (χ1n) is 6.75. The summed E-state index contributed by atoms with van der Waals surface area (Å²) in [5.41, 5.74) is 2.55. The summed E-state index contributed by atoms with van der Waals surface area (Å²) in [5, 5.41) is 0. The molecule has 139 valence electrons. The van der Waals surface area contributed by atoms with Crippen LogP contribution in [0.2, 0.25) is 0 Å². The van der Waals surface area contributed by atoms with Crippen molar-refractivity contribution in [3.8, 4) is 11.1 Å². The third-order valence-corrected chi connectivity index (χ3v) is 2.44. The molecule has 8 heteroatoms. The molecule has 0 amide bonds. The van der Waals surface area contributed by atoms with Crippen molar-refractivity contribution in [2.45, 2.75) is 0 Å². The van der Waals surface area contributed by atoms with Crippen molar-refractivity contribution in [1.29, 1.82) is 0 Å². The summed E-state index contributed by atoms with van der Waals surface area (Å²) >= 11 is 0. The fourth-order valence-corrected chi connectivity index (χ4v) is 1.58. The van der Waals surface area contributed by atoms with Gasteiger partial charge in [-0.25, -0.2) is 0 Å². The van der Waals surface area contributed by atoms with Crippen LogP contribution in [-0.4, -0.2) is 0 Å². The van der Waals surface area contributed by atoms with Crippen LogP contribution in [0.3, 0.4) is 0 Å². The second-order valence-corrected chi connectivity index (χ2v) is 6.57. The number of rotatable bonds is 1. The van der Waals surface area contributed by atoms with Gasteiger partial charge in [0.2, 0.25) is 0 Å². The topological polar surface area (TPSA) is 0 Å². The molecule has 25 heavy (non-hydrogen) atoms. The molecule has 0 N–H and O–H groups in total. The molecule has 0 aromatic heterocycles. The van der Waals surface area contributed by atoms with Crippen LogP contribution in [0, 0.1) is 32.1 Å². The Labute approximate surface area is 154 Å². The second kappa shape index (κ2) is 9.07. The van der Waals surface area contributed by atoms with Crippen molar-refractivity contribution in [2.24, 2.45) is 0 Å². The van der Waals surface area contributed by atoms with Gasteiger partial charge in [0.05, 0.1) is 0 Å². The van der Waals surface area contributed by atoms with Crippen LogP contribution >= 0.6 is 7.81 Å². The molecule has 1 aliphatic carbocycles. The van der Waals surface area contributed by atoms with Gasteiger partial charge in [0.15, 0.2) is 0 Å². The fourth-order valence-electron chi connectivity index (χ4n) is 1.58. The zero-order valence-corrected chi connectivity index (χ0v) is 14.7. The maximum Gasteiger partial charge on any atom is 0 e. The summed E-state index contributed by atoms with van der Waals surface area (Å²) in [4.78, 5) is 0. The molecule has 3 rings (SSSR count). The summed E-state index contributed by atoms with van der Waals surface area (Å²) in [6.45, 7) is 0. The first-order valence-corrected chi connectivity index (χ1v) is 8.78. The van der Waals surface area contributed by atoms with Crippen LogP contribution in [0.4, 0.5) is 25.2 Å². The quantitative estimate of drug-likeness (QED) is 0.251. The van der Waals surface area contributed by atoms with E-state index >= 15 is 0 Å². The number of benzene rings is 2. The molecule has 1 aliphatic rings. The maximum absolute atomic E-state index is 10.7. The maximum atomic E-state index is 9.87. The molecule has 2 aromatic rings. The Morgan fingerprint density at radius 3 is 0.840 bits per heavy atom. The fraction of sp³-hybridized carbons (Fsp3) is 0. The summed E-state index contributed by atoms with van der Waals surface area (Å²) in [5.74, 6) is 0. The van der Waals surface area contributed by atoms with Crippen LogP contribution < -0.4 is 0 Å². The molecule has 0 heterocycles. The van der Waals surface area contributed by atoms with Gasteiger partial charge in [0.1, 0.15) is 0 Å². The summed E-state index contributed by atoms with van der Waals surface area (Å²) < 4.78 is 59.2. The van der Waals surface area contributed by atoms with E-state index in [1.165, 1.54) is 11.1 Å². The molecule has 0 bridgehead atoms. The largest absolute Gasteiger partial charge is 0.0622 e. The van der Waals surface area contributed by atoms with Gasteiger partial charge in [0.25, 0.3) is 0 Å². The molecule has 0 saturated heterocycles. The van der Waals surface area contributed by atoms with Crippen LogP contribution in [0.5, 0.6) is 0 Å².